The van der Waals surface area contributed by atoms with E-state index >= 15 is 0 Å². The molecule has 0 saturated carbocycles. The maximum absolute atomic E-state index is 13.5. The fourth-order valence-corrected chi connectivity index (χ4v) is 6.05. The average Bonchev–Trinajstić information content (AvgIpc) is 3.40. The zero-order valence-corrected chi connectivity index (χ0v) is 25.1. The SMILES string of the molecule is CCc1cn2ccccc2c1S(=O)(=O)c1ccc(OCCCNCCc2ccc(OC)c(OC)c2)cc1.O=C(O)C(=O)O. The van der Waals surface area contributed by atoms with Crippen molar-refractivity contribution in [2.24, 2.45) is 0 Å². The Labute approximate surface area is 250 Å². The van der Waals surface area contributed by atoms with Gasteiger partial charge in [-0.15, -0.1) is 0 Å². The van der Waals surface area contributed by atoms with Gasteiger partial charge in [0, 0.05) is 12.4 Å². The lowest BCUT2D eigenvalue weighted by molar-refractivity contribution is -0.159. The van der Waals surface area contributed by atoms with Gasteiger partial charge in [-0.25, -0.2) is 18.0 Å². The van der Waals surface area contributed by atoms with Gasteiger partial charge in [0.05, 0.1) is 31.2 Å². The first-order valence-corrected chi connectivity index (χ1v) is 15.0. The lowest BCUT2D eigenvalue weighted by Crippen LogP contribution is -2.20. The summed E-state index contributed by atoms with van der Waals surface area (Å²) in [5.74, 6) is -1.53. The van der Waals surface area contributed by atoms with Gasteiger partial charge in [0.1, 0.15) is 10.6 Å². The Balaban J connectivity index is 0.000000765. The highest BCUT2D eigenvalue weighted by molar-refractivity contribution is 7.91. The number of hydrogen-bond donors (Lipinski definition) is 3. The molecule has 11 nitrogen and oxygen atoms in total. The Bertz CT molecular complexity index is 1620. The van der Waals surface area contributed by atoms with E-state index in [9.17, 15) is 8.42 Å². The Morgan fingerprint density at radius 2 is 1.60 bits per heavy atom. The Morgan fingerprint density at radius 3 is 2.23 bits per heavy atom. The lowest BCUT2D eigenvalue weighted by atomic mass is 10.1. The number of aliphatic carboxylic acids is 2. The number of aryl methyl sites for hydroxylation is 1. The lowest BCUT2D eigenvalue weighted by Gasteiger charge is -2.11. The van der Waals surface area contributed by atoms with Gasteiger partial charge in [-0.05, 0) is 92.0 Å². The Kier molecular flexibility index (Phi) is 12.0. The number of rotatable bonds is 13. The van der Waals surface area contributed by atoms with E-state index in [-0.39, 0.29) is 4.90 Å². The van der Waals surface area contributed by atoms with Crippen LogP contribution in [0.1, 0.15) is 24.5 Å². The van der Waals surface area contributed by atoms with E-state index in [0.29, 0.717) is 29.2 Å². The van der Waals surface area contributed by atoms with Gasteiger partial charge < -0.3 is 34.1 Å². The van der Waals surface area contributed by atoms with Crippen LogP contribution in [0.25, 0.3) is 5.52 Å². The van der Waals surface area contributed by atoms with Crippen molar-refractivity contribution < 1.29 is 42.4 Å². The highest BCUT2D eigenvalue weighted by Crippen LogP contribution is 2.31. The summed E-state index contributed by atoms with van der Waals surface area (Å²) in [4.78, 5) is 18.8. The summed E-state index contributed by atoms with van der Waals surface area (Å²) in [6.07, 6.45) is 6.12. The van der Waals surface area contributed by atoms with Gasteiger partial charge in [-0.1, -0.05) is 19.1 Å². The predicted molar refractivity (Wildman–Crippen MR) is 160 cm³/mol. The monoisotopic (exact) mass is 612 g/mol. The molecule has 0 bridgehead atoms. The zero-order chi connectivity index (χ0) is 31.4. The van der Waals surface area contributed by atoms with Crippen LogP contribution in [0.15, 0.2) is 82.8 Å². The van der Waals surface area contributed by atoms with Crippen LogP contribution in [0, 0.1) is 0 Å². The molecular weight excluding hydrogens is 576 g/mol. The number of ether oxygens (including phenoxy) is 3. The third-order valence-electron chi connectivity index (χ3n) is 6.48. The van der Waals surface area contributed by atoms with Gasteiger partial charge >= 0.3 is 11.9 Å². The highest BCUT2D eigenvalue weighted by Gasteiger charge is 2.25. The van der Waals surface area contributed by atoms with Gasteiger partial charge in [-0.3, -0.25) is 0 Å². The van der Waals surface area contributed by atoms with Crippen LogP contribution in [0.5, 0.6) is 17.2 Å². The van der Waals surface area contributed by atoms with Crippen LogP contribution in [-0.2, 0) is 32.3 Å². The molecule has 2 heterocycles. The number of pyridine rings is 1. The minimum atomic E-state index is -3.65. The summed E-state index contributed by atoms with van der Waals surface area (Å²) >= 11 is 0. The van der Waals surface area contributed by atoms with Crippen LogP contribution in [0.2, 0.25) is 0 Å². The third-order valence-corrected chi connectivity index (χ3v) is 8.38. The van der Waals surface area contributed by atoms with Crippen molar-refractivity contribution in [3.8, 4) is 17.2 Å². The Morgan fingerprint density at radius 1 is 0.907 bits per heavy atom. The summed E-state index contributed by atoms with van der Waals surface area (Å²) < 4.78 is 45.2. The van der Waals surface area contributed by atoms with Crippen molar-refractivity contribution in [2.75, 3.05) is 33.9 Å². The number of fused-ring (bicyclic) bond motifs is 1. The summed E-state index contributed by atoms with van der Waals surface area (Å²) in [7, 11) is -0.382. The number of carbonyl (C=O) groups is 2. The largest absolute Gasteiger partial charge is 0.494 e. The van der Waals surface area contributed by atoms with E-state index in [2.05, 4.69) is 5.32 Å². The fraction of sp³-hybridized carbons (Fsp3) is 0.290. The smallest absolute Gasteiger partial charge is 0.414 e. The molecule has 0 atom stereocenters. The number of methoxy groups -OCH3 is 2. The quantitative estimate of drug-likeness (QED) is 0.149. The average molecular weight is 613 g/mol. The molecular formula is C31H36N2O9S. The van der Waals surface area contributed by atoms with Crippen molar-refractivity contribution in [1.29, 1.82) is 0 Å². The molecule has 0 saturated heterocycles. The van der Waals surface area contributed by atoms with E-state index in [4.69, 9.17) is 34.0 Å². The summed E-state index contributed by atoms with van der Waals surface area (Å²) in [5, 5.41) is 18.2. The summed E-state index contributed by atoms with van der Waals surface area (Å²) in [5.41, 5.74) is 2.68. The normalized spacial score (nSPS) is 11.0. The molecule has 3 N–H and O–H groups in total. The molecule has 4 aromatic rings. The van der Waals surface area contributed by atoms with Gasteiger partial charge in [0.2, 0.25) is 9.84 Å². The van der Waals surface area contributed by atoms with Gasteiger partial charge in [0.15, 0.2) is 11.5 Å². The van der Waals surface area contributed by atoms with Crippen LogP contribution in [-0.4, -0.2) is 68.9 Å². The van der Waals surface area contributed by atoms with Crippen LogP contribution >= 0.6 is 0 Å². The molecule has 0 amide bonds. The molecule has 12 heteroatoms. The third kappa shape index (κ3) is 8.72. The first kappa shape index (κ1) is 33.0. The zero-order valence-electron chi connectivity index (χ0n) is 24.3. The summed E-state index contributed by atoms with van der Waals surface area (Å²) in [6, 6.07) is 18.2. The molecule has 0 unspecified atom stereocenters. The van der Waals surface area contributed by atoms with Crippen molar-refractivity contribution in [3.05, 3.63) is 84.2 Å². The van der Waals surface area contributed by atoms with Crippen LogP contribution in [0.3, 0.4) is 0 Å². The molecule has 4 rings (SSSR count). The van der Waals surface area contributed by atoms with Crippen molar-refractivity contribution in [2.45, 2.75) is 36.0 Å². The van der Waals surface area contributed by atoms with Crippen LogP contribution < -0.4 is 19.5 Å². The molecule has 2 aromatic carbocycles. The molecule has 0 fully saturated rings. The van der Waals surface area contributed by atoms with Crippen molar-refractivity contribution >= 4 is 27.3 Å². The molecule has 0 aliphatic carbocycles. The minimum Gasteiger partial charge on any atom is -0.494 e. The molecule has 0 radical (unpaired) electrons. The number of carboxylic acids is 2. The second kappa shape index (κ2) is 15.6. The molecule has 43 heavy (non-hydrogen) atoms. The number of nitrogens with zero attached hydrogens (tertiary/aromatic N) is 1. The predicted octanol–water partition coefficient (Wildman–Crippen LogP) is 4.11. The first-order valence-electron chi connectivity index (χ1n) is 13.6. The Hall–Kier alpha value is -4.55. The fourth-order valence-electron chi connectivity index (χ4n) is 4.33. The van der Waals surface area contributed by atoms with E-state index in [1.54, 1.807) is 38.5 Å². The summed E-state index contributed by atoms with van der Waals surface area (Å²) in [6.45, 7) is 4.17. The minimum absolute atomic E-state index is 0.267. The molecule has 0 spiro atoms. The van der Waals surface area contributed by atoms with E-state index in [1.807, 2.05) is 60.1 Å². The number of benzene rings is 2. The maximum Gasteiger partial charge on any atom is 0.414 e. The standard InChI is InChI=1S/C29H34N2O5S.C2H2O4/c1-4-23-21-31-18-6-5-8-26(31)29(23)37(32,33)25-12-10-24(11-13-25)36-19-7-16-30-17-15-22-9-14-27(34-2)28(20-22)35-3;3-1(4)2(5)6/h5-6,8-14,18,20-21,30H,4,7,15-17,19H2,1-3H3;(H,3,4)(H,5,6). The highest BCUT2D eigenvalue weighted by atomic mass is 32.2. The second-order valence-electron chi connectivity index (χ2n) is 9.31. The molecule has 0 aliphatic rings. The van der Waals surface area contributed by atoms with Gasteiger partial charge in [-0.2, -0.15) is 0 Å². The van der Waals surface area contributed by atoms with E-state index in [0.717, 1.165) is 43.0 Å². The number of hydrogen-bond acceptors (Lipinski definition) is 8. The van der Waals surface area contributed by atoms with E-state index < -0.39 is 21.8 Å². The van der Waals surface area contributed by atoms with E-state index in [1.165, 1.54) is 5.56 Å². The maximum atomic E-state index is 13.5. The molecule has 2 aromatic heterocycles. The number of carboxylic acid groups (broad SMARTS) is 2. The van der Waals surface area contributed by atoms with Crippen molar-refractivity contribution in [1.82, 2.24) is 9.72 Å². The number of aromatic nitrogens is 1. The molecule has 0 aliphatic heterocycles. The van der Waals surface area contributed by atoms with Crippen LogP contribution in [0.4, 0.5) is 0 Å². The molecule has 230 valence electrons. The second-order valence-corrected chi connectivity index (χ2v) is 11.2. The topological polar surface area (TPSA) is 153 Å². The van der Waals surface area contributed by atoms with Gasteiger partial charge in [0.25, 0.3) is 0 Å². The number of sulfone groups is 1. The number of nitrogens with one attached hydrogen (secondary N) is 1. The van der Waals surface area contributed by atoms with Crippen molar-refractivity contribution in [3.63, 3.8) is 0 Å². The first-order chi connectivity index (χ1) is 20.6.